The Morgan fingerprint density at radius 1 is 1.40 bits per heavy atom. The van der Waals surface area contributed by atoms with Crippen LogP contribution in [0.3, 0.4) is 0 Å². The zero-order valence-electron chi connectivity index (χ0n) is 12.1. The number of amides is 1. The van der Waals surface area contributed by atoms with E-state index in [1.807, 2.05) is 25.1 Å². The van der Waals surface area contributed by atoms with Gasteiger partial charge in [-0.05, 0) is 59.3 Å². The van der Waals surface area contributed by atoms with Crippen molar-refractivity contribution in [2.75, 3.05) is 6.61 Å². The molecule has 2 atom stereocenters. The van der Waals surface area contributed by atoms with E-state index in [1.54, 1.807) is 0 Å². The lowest BCUT2D eigenvalue weighted by Crippen LogP contribution is -2.43. The van der Waals surface area contributed by atoms with Crippen molar-refractivity contribution >= 4 is 21.8 Å². The Labute approximate surface area is 129 Å². The molecule has 2 rings (SSSR count). The Morgan fingerprint density at radius 2 is 2.15 bits per heavy atom. The maximum absolute atomic E-state index is 12.0. The normalized spacial score (nSPS) is 22.4. The molecule has 0 unspecified atom stereocenters. The van der Waals surface area contributed by atoms with Crippen molar-refractivity contribution in [1.29, 1.82) is 0 Å². The van der Waals surface area contributed by atoms with Gasteiger partial charge in [-0.2, -0.15) is 0 Å². The van der Waals surface area contributed by atoms with Crippen LogP contribution in [0.2, 0.25) is 0 Å². The number of carbonyl (C=O) groups excluding carboxylic acids is 1. The highest BCUT2D eigenvalue weighted by atomic mass is 79.9. The highest BCUT2D eigenvalue weighted by Crippen LogP contribution is 2.26. The van der Waals surface area contributed by atoms with Crippen molar-refractivity contribution in [2.45, 2.75) is 45.6 Å². The molecule has 0 heterocycles. The minimum Gasteiger partial charge on any atom is -0.483 e. The molecule has 110 valence electrons. The average Bonchev–Trinajstić information content (AvgIpc) is 2.40. The molecular weight excluding hydrogens is 318 g/mol. The number of aryl methyl sites for hydroxylation is 1. The highest BCUT2D eigenvalue weighted by Gasteiger charge is 2.22. The predicted octanol–water partition coefficient (Wildman–Crippen LogP) is 3.83. The molecule has 0 aliphatic heterocycles. The molecular formula is C16H22BrNO2. The first-order valence-electron chi connectivity index (χ1n) is 7.24. The lowest BCUT2D eigenvalue weighted by Gasteiger charge is -2.29. The number of benzene rings is 1. The Kier molecular flexibility index (Phi) is 5.46. The van der Waals surface area contributed by atoms with Gasteiger partial charge in [-0.3, -0.25) is 4.79 Å². The summed E-state index contributed by atoms with van der Waals surface area (Å²) in [5, 5.41) is 3.09. The first-order chi connectivity index (χ1) is 9.56. The van der Waals surface area contributed by atoms with E-state index in [1.165, 1.54) is 19.3 Å². The molecule has 1 fully saturated rings. The first-order valence-corrected chi connectivity index (χ1v) is 8.04. The van der Waals surface area contributed by atoms with Gasteiger partial charge < -0.3 is 10.1 Å². The van der Waals surface area contributed by atoms with Crippen LogP contribution in [0.4, 0.5) is 0 Å². The standard InChI is InChI=1S/C16H22BrNO2/c1-11-7-8-15(13(17)9-11)20-10-16(19)18-14-6-4-3-5-12(14)2/h7-9,12,14H,3-6,10H2,1-2H3,(H,18,19)/t12-,14+/m0/s1. The Bertz CT molecular complexity index is 476. The molecule has 1 saturated carbocycles. The van der Waals surface area contributed by atoms with Crippen molar-refractivity contribution in [2.24, 2.45) is 5.92 Å². The van der Waals surface area contributed by atoms with Crippen LogP contribution in [-0.2, 0) is 4.79 Å². The second-order valence-corrected chi connectivity index (χ2v) is 6.51. The summed E-state index contributed by atoms with van der Waals surface area (Å²) in [5.41, 5.74) is 1.16. The molecule has 1 aliphatic carbocycles. The molecule has 1 aromatic rings. The van der Waals surface area contributed by atoms with Crippen LogP contribution in [0.25, 0.3) is 0 Å². The van der Waals surface area contributed by atoms with Crippen LogP contribution >= 0.6 is 15.9 Å². The van der Waals surface area contributed by atoms with Gasteiger partial charge in [0, 0.05) is 6.04 Å². The number of nitrogens with one attached hydrogen (secondary N) is 1. The molecule has 1 N–H and O–H groups in total. The Balaban J connectivity index is 1.82. The van der Waals surface area contributed by atoms with E-state index in [0.29, 0.717) is 17.7 Å². The number of carbonyl (C=O) groups is 1. The fraction of sp³-hybridized carbons (Fsp3) is 0.562. The highest BCUT2D eigenvalue weighted by molar-refractivity contribution is 9.10. The predicted molar refractivity (Wildman–Crippen MR) is 83.9 cm³/mol. The van der Waals surface area contributed by atoms with Gasteiger partial charge in [0.05, 0.1) is 4.47 Å². The number of hydrogen-bond acceptors (Lipinski definition) is 2. The molecule has 4 heteroatoms. The van der Waals surface area contributed by atoms with Crippen LogP contribution in [0.15, 0.2) is 22.7 Å². The summed E-state index contributed by atoms with van der Waals surface area (Å²) in [4.78, 5) is 12.0. The lowest BCUT2D eigenvalue weighted by molar-refractivity contribution is -0.124. The van der Waals surface area contributed by atoms with Gasteiger partial charge in [0.1, 0.15) is 5.75 Å². The quantitative estimate of drug-likeness (QED) is 0.905. The molecule has 20 heavy (non-hydrogen) atoms. The van der Waals surface area contributed by atoms with E-state index in [9.17, 15) is 4.79 Å². The van der Waals surface area contributed by atoms with Crippen LogP contribution in [0.1, 0.15) is 38.2 Å². The van der Waals surface area contributed by atoms with E-state index in [-0.39, 0.29) is 12.5 Å². The van der Waals surface area contributed by atoms with E-state index >= 15 is 0 Å². The molecule has 0 spiro atoms. The lowest BCUT2D eigenvalue weighted by atomic mass is 9.86. The smallest absolute Gasteiger partial charge is 0.258 e. The minimum absolute atomic E-state index is 0.0313. The van der Waals surface area contributed by atoms with Crippen LogP contribution in [0.5, 0.6) is 5.75 Å². The fourth-order valence-electron chi connectivity index (χ4n) is 2.65. The summed E-state index contributed by atoms with van der Waals surface area (Å²) in [7, 11) is 0. The number of rotatable bonds is 4. The summed E-state index contributed by atoms with van der Waals surface area (Å²) in [6, 6.07) is 6.15. The zero-order chi connectivity index (χ0) is 14.5. The zero-order valence-corrected chi connectivity index (χ0v) is 13.7. The van der Waals surface area contributed by atoms with Gasteiger partial charge >= 0.3 is 0 Å². The van der Waals surface area contributed by atoms with Crippen molar-refractivity contribution < 1.29 is 9.53 Å². The Morgan fingerprint density at radius 3 is 2.85 bits per heavy atom. The molecule has 0 radical (unpaired) electrons. The summed E-state index contributed by atoms with van der Waals surface area (Å²) in [5.74, 6) is 1.25. The summed E-state index contributed by atoms with van der Waals surface area (Å²) < 4.78 is 6.46. The maximum atomic E-state index is 12.0. The van der Waals surface area contributed by atoms with Crippen LogP contribution in [0, 0.1) is 12.8 Å². The van der Waals surface area contributed by atoms with Crippen molar-refractivity contribution in [3.05, 3.63) is 28.2 Å². The van der Waals surface area contributed by atoms with E-state index in [0.717, 1.165) is 16.5 Å². The van der Waals surface area contributed by atoms with Crippen LogP contribution < -0.4 is 10.1 Å². The van der Waals surface area contributed by atoms with E-state index in [2.05, 4.69) is 28.2 Å². The second-order valence-electron chi connectivity index (χ2n) is 5.66. The molecule has 1 aromatic carbocycles. The summed E-state index contributed by atoms with van der Waals surface area (Å²) in [6.45, 7) is 4.30. The van der Waals surface area contributed by atoms with E-state index < -0.39 is 0 Å². The van der Waals surface area contributed by atoms with Crippen molar-refractivity contribution in [3.8, 4) is 5.75 Å². The molecule has 0 aromatic heterocycles. The topological polar surface area (TPSA) is 38.3 Å². The van der Waals surface area contributed by atoms with Crippen molar-refractivity contribution in [3.63, 3.8) is 0 Å². The average molecular weight is 340 g/mol. The minimum atomic E-state index is -0.0313. The van der Waals surface area contributed by atoms with Gasteiger partial charge in [0.25, 0.3) is 5.91 Å². The van der Waals surface area contributed by atoms with Crippen LogP contribution in [-0.4, -0.2) is 18.6 Å². The largest absolute Gasteiger partial charge is 0.483 e. The first kappa shape index (κ1) is 15.4. The monoisotopic (exact) mass is 339 g/mol. The van der Waals surface area contributed by atoms with Gasteiger partial charge in [0.15, 0.2) is 6.61 Å². The summed E-state index contributed by atoms with van der Waals surface area (Å²) >= 11 is 3.45. The molecule has 0 bridgehead atoms. The fourth-order valence-corrected chi connectivity index (χ4v) is 3.25. The SMILES string of the molecule is Cc1ccc(OCC(=O)N[C@@H]2CCCC[C@@H]2C)c(Br)c1. The molecule has 3 nitrogen and oxygen atoms in total. The molecule has 1 amide bonds. The van der Waals surface area contributed by atoms with Gasteiger partial charge in [-0.25, -0.2) is 0 Å². The molecule has 0 saturated heterocycles. The van der Waals surface area contributed by atoms with E-state index in [4.69, 9.17) is 4.74 Å². The third-order valence-corrected chi connectivity index (χ3v) is 4.52. The van der Waals surface area contributed by atoms with Gasteiger partial charge in [-0.1, -0.05) is 25.8 Å². The number of ether oxygens (including phenoxy) is 1. The van der Waals surface area contributed by atoms with Crippen molar-refractivity contribution in [1.82, 2.24) is 5.32 Å². The van der Waals surface area contributed by atoms with Gasteiger partial charge in [-0.15, -0.1) is 0 Å². The third-order valence-electron chi connectivity index (χ3n) is 3.90. The van der Waals surface area contributed by atoms with Gasteiger partial charge in [0.2, 0.25) is 0 Å². The molecule has 1 aliphatic rings. The second kappa shape index (κ2) is 7.11. The Hall–Kier alpha value is -1.03. The number of halogens is 1. The summed E-state index contributed by atoms with van der Waals surface area (Å²) in [6.07, 6.45) is 4.77. The third kappa shape index (κ3) is 4.23. The number of hydrogen-bond donors (Lipinski definition) is 1. The maximum Gasteiger partial charge on any atom is 0.258 e.